The highest BCUT2D eigenvalue weighted by atomic mass is 32.2. The standard InChI is InChI=1S/C19H22N2O3S/c22-25(23,21-14-17-5-1-2-6-18(17)15-21)19-7-3-4-16(12-19)13-20-8-10-24-11-9-20/h1-7,12H,8-11,13-15H2. The molecular formula is C19H22N2O3S. The van der Waals surface area contributed by atoms with Crippen molar-refractivity contribution in [3.05, 3.63) is 65.2 Å². The summed E-state index contributed by atoms with van der Waals surface area (Å²) >= 11 is 0. The lowest BCUT2D eigenvalue weighted by molar-refractivity contribution is 0.0341. The van der Waals surface area contributed by atoms with E-state index in [1.165, 1.54) is 0 Å². The van der Waals surface area contributed by atoms with E-state index in [0.717, 1.165) is 49.5 Å². The molecule has 0 spiro atoms. The number of hydrogen-bond donors (Lipinski definition) is 0. The van der Waals surface area contributed by atoms with Crippen LogP contribution in [0.3, 0.4) is 0 Å². The molecule has 2 aliphatic rings. The lowest BCUT2D eigenvalue weighted by Gasteiger charge is -2.26. The number of hydrogen-bond acceptors (Lipinski definition) is 4. The van der Waals surface area contributed by atoms with Crippen LogP contribution in [0.15, 0.2) is 53.4 Å². The summed E-state index contributed by atoms with van der Waals surface area (Å²) < 4.78 is 33.0. The number of nitrogens with zero attached hydrogens (tertiary/aromatic N) is 2. The third kappa shape index (κ3) is 3.48. The summed E-state index contributed by atoms with van der Waals surface area (Å²) in [5, 5.41) is 0. The van der Waals surface area contributed by atoms with Gasteiger partial charge in [0.2, 0.25) is 10.0 Å². The summed E-state index contributed by atoms with van der Waals surface area (Å²) in [6, 6.07) is 15.3. The fourth-order valence-electron chi connectivity index (χ4n) is 3.44. The van der Waals surface area contributed by atoms with E-state index in [-0.39, 0.29) is 0 Å². The van der Waals surface area contributed by atoms with Gasteiger partial charge >= 0.3 is 0 Å². The number of morpholine rings is 1. The predicted octanol–water partition coefficient (Wildman–Crippen LogP) is 2.22. The van der Waals surface area contributed by atoms with Crippen molar-refractivity contribution in [2.75, 3.05) is 26.3 Å². The van der Waals surface area contributed by atoms with Crippen LogP contribution in [-0.4, -0.2) is 43.9 Å². The van der Waals surface area contributed by atoms with Crippen molar-refractivity contribution in [2.24, 2.45) is 0 Å². The van der Waals surface area contributed by atoms with E-state index < -0.39 is 10.0 Å². The van der Waals surface area contributed by atoms with Crippen molar-refractivity contribution < 1.29 is 13.2 Å². The Bertz CT molecular complexity index is 835. The minimum atomic E-state index is -3.48. The molecule has 0 unspecified atom stereocenters. The normalized spacial score (nSPS) is 19.0. The van der Waals surface area contributed by atoms with Crippen molar-refractivity contribution in [1.29, 1.82) is 0 Å². The van der Waals surface area contributed by atoms with Crippen LogP contribution >= 0.6 is 0 Å². The van der Waals surface area contributed by atoms with Gasteiger partial charge in [-0.25, -0.2) is 8.42 Å². The monoisotopic (exact) mass is 358 g/mol. The number of rotatable bonds is 4. The zero-order chi connectivity index (χ0) is 17.3. The van der Waals surface area contributed by atoms with Crippen LogP contribution in [0.2, 0.25) is 0 Å². The first-order valence-electron chi connectivity index (χ1n) is 8.59. The second-order valence-electron chi connectivity index (χ2n) is 6.58. The Morgan fingerprint density at radius 3 is 2.28 bits per heavy atom. The Kier molecular flexibility index (Phi) is 4.60. The third-order valence-electron chi connectivity index (χ3n) is 4.86. The van der Waals surface area contributed by atoms with Gasteiger partial charge < -0.3 is 4.74 Å². The highest BCUT2D eigenvalue weighted by Crippen LogP contribution is 2.28. The van der Waals surface area contributed by atoms with E-state index in [9.17, 15) is 8.42 Å². The van der Waals surface area contributed by atoms with Crippen LogP contribution in [0.25, 0.3) is 0 Å². The van der Waals surface area contributed by atoms with Gasteiger partial charge in [-0.3, -0.25) is 4.90 Å². The van der Waals surface area contributed by atoms with Gasteiger partial charge in [0.15, 0.2) is 0 Å². The summed E-state index contributed by atoms with van der Waals surface area (Å²) in [5.41, 5.74) is 3.21. The zero-order valence-electron chi connectivity index (χ0n) is 14.1. The van der Waals surface area contributed by atoms with Crippen molar-refractivity contribution in [3.63, 3.8) is 0 Å². The summed E-state index contributed by atoms with van der Waals surface area (Å²) in [5.74, 6) is 0. The molecule has 2 aromatic carbocycles. The molecule has 1 fully saturated rings. The molecule has 2 heterocycles. The van der Waals surface area contributed by atoms with Gasteiger partial charge in [-0.05, 0) is 28.8 Å². The minimum absolute atomic E-state index is 0.381. The van der Waals surface area contributed by atoms with E-state index in [4.69, 9.17) is 4.74 Å². The maximum Gasteiger partial charge on any atom is 0.243 e. The minimum Gasteiger partial charge on any atom is -0.379 e. The van der Waals surface area contributed by atoms with Gasteiger partial charge in [-0.2, -0.15) is 4.31 Å². The quantitative estimate of drug-likeness (QED) is 0.841. The van der Waals surface area contributed by atoms with E-state index in [0.29, 0.717) is 18.0 Å². The second-order valence-corrected chi connectivity index (χ2v) is 8.52. The highest BCUT2D eigenvalue weighted by molar-refractivity contribution is 7.89. The molecule has 0 saturated carbocycles. The molecule has 1 saturated heterocycles. The fraction of sp³-hybridized carbons (Fsp3) is 0.368. The summed E-state index contributed by atoms with van der Waals surface area (Å²) in [4.78, 5) is 2.67. The van der Waals surface area contributed by atoms with Gasteiger partial charge in [0.05, 0.1) is 18.1 Å². The third-order valence-corrected chi connectivity index (χ3v) is 6.65. The van der Waals surface area contributed by atoms with Crippen molar-refractivity contribution >= 4 is 10.0 Å². The van der Waals surface area contributed by atoms with Crippen LogP contribution in [0.4, 0.5) is 0 Å². The van der Waals surface area contributed by atoms with Gasteiger partial charge in [0, 0.05) is 32.7 Å². The maximum atomic E-state index is 13.0. The second kappa shape index (κ2) is 6.88. The van der Waals surface area contributed by atoms with Crippen molar-refractivity contribution in [3.8, 4) is 0 Å². The average molecular weight is 358 g/mol. The van der Waals surface area contributed by atoms with Crippen molar-refractivity contribution in [1.82, 2.24) is 9.21 Å². The molecule has 0 atom stereocenters. The van der Waals surface area contributed by atoms with E-state index in [1.807, 2.05) is 42.5 Å². The maximum absolute atomic E-state index is 13.0. The molecule has 0 amide bonds. The first-order valence-corrected chi connectivity index (χ1v) is 10.0. The van der Waals surface area contributed by atoms with Crippen LogP contribution in [-0.2, 0) is 34.4 Å². The Morgan fingerprint density at radius 1 is 0.920 bits per heavy atom. The number of sulfonamides is 1. The first kappa shape index (κ1) is 16.7. The number of ether oxygens (including phenoxy) is 1. The lowest BCUT2D eigenvalue weighted by Crippen LogP contribution is -2.35. The molecule has 132 valence electrons. The van der Waals surface area contributed by atoms with E-state index in [1.54, 1.807) is 10.4 Å². The zero-order valence-corrected chi connectivity index (χ0v) is 14.9. The van der Waals surface area contributed by atoms with Gasteiger partial charge in [0.25, 0.3) is 0 Å². The highest BCUT2D eigenvalue weighted by Gasteiger charge is 2.30. The van der Waals surface area contributed by atoms with E-state index in [2.05, 4.69) is 4.90 Å². The topological polar surface area (TPSA) is 49.9 Å². The first-order chi connectivity index (χ1) is 12.1. The average Bonchev–Trinajstić information content (AvgIpc) is 3.08. The Hall–Kier alpha value is -1.73. The largest absolute Gasteiger partial charge is 0.379 e. The molecule has 0 aromatic heterocycles. The molecule has 6 heteroatoms. The SMILES string of the molecule is O=S(=O)(c1cccc(CN2CCOCC2)c1)N1Cc2ccccc2C1. The smallest absolute Gasteiger partial charge is 0.243 e. The van der Waals surface area contributed by atoms with Crippen LogP contribution in [0.1, 0.15) is 16.7 Å². The van der Waals surface area contributed by atoms with Crippen LogP contribution in [0.5, 0.6) is 0 Å². The lowest BCUT2D eigenvalue weighted by atomic mass is 10.1. The van der Waals surface area contributed by atoms with Crippen LogP contribution in [0, 0.1) is 0 Å². The fourth-order valence-corrected chi connectivity index (χ4v) is 4.91. The van der Waals surface area contributed by atoms with E-state index >= 15 is 0 Å². The molecule has 25 heavy (non-hydrogen) atoms. The molecule has 2 aliphatic heterocycles. The Labute approximate surface area is 148 Å². The molecular weight excluding hydrogens is 336 g/mol. The van der Waals surface area contributed by atoms with Gasteiger partial charge in [-0.1, -0.05) is 36.4 Å². The summed E-state index contributed by atoms with van der Waals surface area (Å²) in [6.45, 7) is 4.91. The summed E-state index contributed by atoms with van der Waals surface area (Å²) in [6.07, 6.45) is 0. The van der Waals surface area contributed by atoms with Crippen LogP contribution < -0.4 is 0 Å². The summed E-state index contributed by atoms with van der Waals surface area (Å²) in [7, 11) is -3.48. The van der Waals surface area contributed by atoms with Gasteiger partial charge in [0.1, 0.15) is 0 Å². The Balaban J connectivity index is 1.54. The molecule has 4 rings (SSSR count). The molecule has 0 aliphatic carbocycles. The Morgan fingerprint density at radius 2 is 1.60 bits per heavy atom. The molecule has 5 nitrogen and oxygen atoms in total. The molecule has 0 N–H and O–H groups in total. The molecule has 0 bridgehead atoms. The molecule has 0 radical (unpaired) electrons. The number of benzene rings is 2. The predicted molar refractivity (Wildman–Crippen MR) is 95.4 cm³/mol. The number of fused-ring (bicyclic) bond motifs is 1. The van der Waals surface area contributed by atoms with Crippen molar-refractivity contribution in [2.45, 2.75) is 24.5 Å². The van der Waals surface area contributed by atoms with Gasteiger partial charge in [-0.15, -0.1) is 0 Å². The molecule has 2 aromatic rings.